The highest BCUT2D eigenvalue weighted by molar-refractivity contribution is 5.27. The summed E-state index contributed by atoms with van der Waals surface area (Å²) in [6.07, 6.45) is 3.08. The van der Waals surface area contributed by atoms with Gasteiger partial charge in [0.05, 0.1) is 0 Å². The second kappa shape index (κ2) is 4.42. The van der Waals surface area contributed by atoms with Gasteiger partial charge in [-0.05, 0) is 43.4 Å². The molecule has 0 spiro atoms. The van der Waals surface area contributed by atoms with E-state index in [0.29, 0.717) is 19.3 Å². The molecule has 0 aromatic heterocycles. The van der Waals surface area contributed by atoms with Crippen molar-refractivity contribution in [1.29, 1.82) is 0 Å². The van der Waals surface area contributed by atoms with E-state index in [2.05, 4.69) is 0 Å². The van der Waals surface area contributed by atoms with Crippen molar-refractivity contribution in [3.63, 3.8) is 0 Å². The number of hydrogen-bond acceptors (Lipinski definition) is 2. The molecule has 0 amide bonds. The molecule has 2 nitrogen and oxygen atoms in total. The fourth-order valence-electron chi connectivity index (χ4n) is 2.31. The zero-order chi connectivity index (χ0) is 11.6. The van der Waals surface area contributed by atoms with Gasteiger partial charge in [0.25, 0.3) is 0 Å². The van der Waals surface area contributed by atoms with Crippen LogP contribution in [0.4, 0.5) is 4.39 Å². The van der Waals surface area contributed by atoms with Crippen LogP contribution in [-0.4, -0.2) is 16.8 Å². The third-order valence-corrected chi connectivity index (χ3v) is 3.38. The van der Waals surface area contributed by atoms with Crippen molar-refractivity contribution in [3.05, 3.63) is 29.8 Å². The smallest absolute Gasteiger partial charge is 0.115 e. The van der Waals surface area contributed by atoms with Crippen LogP contribution < -0.4 is 5.73 Å². The van der Waals surface area contributed by atoms with E-state index in [1.54, 1.807) is 24.3 Å². The van der Waals surface area contributed by atoms with Gasteiger partial charge in [-0.15, -0.1) is 0 Å². The Morgan fingerprint density at radius 3 is 2.38 bits per heavy atom. The highest BCUT2D eigenvalue weighted by atomic mass is 19.1. The molecular weight excluding hydrogens is 205 g/mol. The van der Waals surface area contributed by atoms with Gasteiger partial charge >= 0.3 is 0 Å². The van der Waals surface area contributed by atoms with Crippen LogP contribution in [0, 0.1) is 0 Å². The molecule has 16 heavy (non-hydrogen) atoms. The van der Waals surface area contributed by atoms with E-state index >= 15 is 0 Å². The van der Waals surface area contributed by atoms with Gasteiger partial charge in [0.15, 0.2) is 0 Å². The normalized spacial score (nSPS) is 30.2. The third kappa shape index (κ3) is 2.73. The molecule has 0 aliphatic heterocycles. The first-order valence-electron chi connectivity index (χ1n) is 5.80. The summed E-state index contributed by atoms with van der Waals surface area (Å²) in [7, 11) is 0. The average molecular weight is 223 g/mol. The van der Waals surface area contributed by atoms with Crippen molar-refractivity contribution in [2.75, 3.05) is 0 Å². The summed E-state index contributed by atoms with van der Waals surface area (Å²) < 4.78 is 14.4. The lowest BCUT2D eigenvalue weighted by Gasteiger charge is -2.32. The molecule has 1 fully saturated rings. The second-order valence-corrected chi connectivity index (χ2v) is 4.83. The summed E-state index contributed by atoms with van der Waals surface area (Å²) in [5.41, 5.74) is 5.61. The molecule has 0 radical (unpaired) electrons. The fraction of sp³-hybridized carbons (Fsp3) is 0.538. The van der Waals surface area contributed by atoms with Crippen LogP contribution in [0.15, 0.2) is 24.3 Å². The Kier molecular flexibility index (Phi) is 3.15. The second-order valence-electron chi connectivity index (χ2n) is 4.83. The number of halogens is 1. The van der Waals surface area contributed by atoms with Gasteiger partial charge in [-0.25, -0.2) is 4.39 Å². The summed E-state index contributed by atoms with van der Waals surface area (Å²) >= 11 is 0. The van der Waals surface area contributed by atoms with E-state index in [-0.39, 0.29) is 11.8 Å². The minimum atomic E-state index is -1.10. The Labute approximate surface area is 95.3 Å². The number of benzene rings is 1. The third-order valence-electron chi connectivity index (χ3n) is 3.38. The van der Waals surface area contributed by atoms with Crippen molar-refractivity contribution < 1.29 is 9.50 Å². The topological polar surface area (TPSA) is 46.2 Å². The van der Waals surface area contributed by atoms with E-state index in [0.717, 1.165) is 18.4 Å². The number of hydrogen-bond donors (Lipinski definition) is 2. The molecule has 0 atom stereocenters. The van der Waals surface area contributed by atoms with Crippen LogP contribution in [0.1, 0.15) is 31.2 Å². The maximum absolute atomic E-state index is 14.4. The molecule has 0 heterocycles. The van der Waals surface area contributed by atoms with Gasteiger partial charge in [-0.3, -0.25) is 0 Å². The summed E-state index contributed by atoms with van der Waals surface area (Å²) in [6.45, 7) is 0. The SMILES string of the molecule is NC1CCC(F)(Cc2ccc(O)cc2)CC1. The predicted molar refractivity (Wildman–Crippen MR) is 62.1 cm³/mol. The fourth-order valence-corrected chi connectivity index (χ4v) is 2.31. The van der Waals surface area contributed by atoms with E-state index in [9.17, 15) is 4.39 Å². The highest BCUT2D eigenvalue weighted by Crippen LogP contribution is 2.34. The van der Waals surface area contributed by atoms with Gasteiger partial charge in [0.1, 0.15) is 11.4 Å². The molecule has 88 valence electrons. The lowest BCUT2D eigenvalue weighted by atomic mass is 9.80. The maximum Gasteiger partial charge on any atom is 0.115 e. The van der Waals surface area contributed by atoms with Crippen LogP contribution in [0.5, 0.6) is 5.75 Å². The molecular formula is C13H18FNO. The summed E-state index contributed by atoms with van der Waals surface area (Å²) in [5.74, 6) is 0.224. The van der Waals surface area contributed by atoms with E-state index < -0.39 is 5.67 Å². The predicted octanol–water partition coefficient (Wildman–Crippen LogP) is 2.54. The standard InChI is InChI=1S/C13H18FNO/c14-13(7-5-11(15)6-8-13)9-10-1-3-12(16)4-2-10/h1-4,11,16H,5-9,15H2. The number of phenols is 1. The largest absolute Gasteiger partial charge is 0.508 e. The van der Waals surface area contributed by atoms with Crippen molar-refractivity contribution in [2.24, 2.45) is 5.73 Å². The zero-order valence-corrected chi connectivity index (χ0v) is 9.32. The van der Waals surface area contributed by atoms with Crippen LogP contribution in [0.25, 0.3) is 0 Å². The van der Waals surface area contributed by atoms with E-state index in [4.69, 9.17) is 10.8 Å². The molecule has 2 rings (SSSR count). The maximum atomic E-state index is 14.4. The van der Waals surface area contributed by atoms with Crippen LogP contribution in [-0.2, 0) is 6.42 Å². The molecule has 3 heteroatoms. The Bertz CT molecular complexity index is 341. The highest BCUT2D eigenvalue weighted by Gasteiger charge is 2.34. The molecule has 0 unspecified atom stereocenters. The molecule has 1 aliphatic rings. The van der Waals surface area contributed by atoms with Crippen molar-refractivity contribution in [3.8, 4) is 5.75 Å². The first kappa shape index (κ1) is 11.4. The van der Waals surface area contributed by atoms with Gasteiger partial charge in [-0.2, -0.15) is 0 Å². The Balaban J connectivity index is 2.00. The van der Waals surface area contributed by atoms with Crippen molar-refractivity contribution in [1.82, 2.24) is 0 Å². The summed E-state index contributed by atoms with van der Waals surface area (Å²) in [5, 5.41) is 9.15. The lowest BCUT2D eigenvalue weighted by molar-refractivity contribution is 0.0995. The molecule has 1 aromatic carbocycles. The van der Waals surface area contributed by atoms with Crippen LogP contribution in [0.2, 0.25) is 0 Å². The first-order valence-corrected chi connectivity index (χ1v) is 5.80. The number of aromatic hydroxyl groups is 1. The molecule has 1 aromatic rings. The zero-order valence-electron chi connectivity index (χ0n) is 9.32. The van der Waals surface area contributed by atoms with Gasteiger partial charge in [0, 0.05) is 12.5 Å². The minimum Gasteiger partial charge on any atom is -0.508 e. The van der Waals surface area contributed by atoms with Crippen LogP contribution >= 0.6 is 0 Å². The molecule has 0 bridgehead atoms. The number of rotatable bonds is 2. The quantitative estimate of drug-likeness (QED) is 0.809. The van der Waals surface area contributed by atoms with E-state index in [1.165, 1.54) is 0 Å². The molecule has 0 saturated heterocycles. The van der Waals surface area contributed by atoms with Gasteiger partial charge < -0.3 is 10.8 Å². The Morgan fingerprint density at radius 1 is 1.25 bits per heavy atom. The van der Waals surface area contributed by atoms with Crippen molar-refractivity contribution in [2.45, 2.75) is 43.8 Å². The van der Waals surface area contributed by atoms with Gasteiger partial charge in [-0.1, -0.05) is 12.1 Å². The lowest BCUT2D eigenvalue weighted by Crippen LogP contribution is -2.37. The molecule has 3 N–H and O–H groups in total. The molecule has 1 saturated carbocycles. The minimum absolute atomic E-state index is 0.170. The van der Waals surface area contributed by atoms with Crippen molar-refractivity contribution >= 4 is 0 Å². The summed E-state index contributed by atoms with van der Waals surface area (Å²) in [6, 6.07) is 6.94. The average Bonchev–Trinajstić information content (AvgIpc) is 2.27. The number of alkyl halides is 1. The Morgan fingerprint density at radius 2 is 1.81 bits per heavy atom. The van der Waals surface area contributed by atoms with Crippen LogP contribution in [0.3, 0.4) is 0 Å². The number of phenolic OH excluding ortho intramolecular Hbond substituents is 1. The molecule has 1 aliphatic carbocycles. The Hall–Kier alpha value is -1.09. The summed E-state index contributed by atoms with van der Waals surface area (Å²) in [4.78, 5) is 0. The van der Waals surface area contributed by atoms with E-state index in [1.807, 2.05) is 0 Å². The number of nitrogens with two attached hydrogens (primary N) is 1. The van der Waals surface area contributed by atoms with Gasteiger partial charge in [0.2, 0.25) is 0 Å². The monoisotopic (exact) mass is 223 g/mol. The first-order chi connectivity index (χ1) is 7.57.